The van der Waals surface area contributed by atoms with Gasteiger partial charge in [-0.2, -0.15) is 0 Å². The number of hydrogen-bond acceptors (Lipinski definition) is 0. The smallest absolute Gasteiger partial charge is 0.0414 e. The molecular formula is C13H26. The van der Waals surface area contributed by atoms with Crippen LogP contribution in [0.3, 0.4) is 0 Å². The molecule has 0 spiro atoms. The third-order valence-electron chi connectivity index (χ3n) is 3.76. The molecule has 1 aliphatic carbocycles. The molecule has 0 radical (unpaired) electrons. The highest BCUT2D eigenvalue weighted by Crippen LogP contribution is 2.33. The molecule has 0 unspecified atom stereocenters. The van der Waals surface area contributed by atoms with Crippen molar-refractivity contribution >= 4 is 0 Å². The molecule has 1 aliphatic rings. The number of hydrogen-bond donors (Lipinski definition) is 0. The van der Waals surface area contributed by atoms with Gasteiger partial charge in [0.25, 0.3) is 0 Å². The van der Waals surface area contributed by atoms with E-state index in [1.54, 1.807) is 0 Å². The van der Waals surface area contributed by atoms with Crippen LogP contribution in [0.25, 0.3) is 0 Å². The molecule has 1 fully saturated rings. The van der Waals surface area contributed by atoms with Crippen LogP contribution < -0.4 is 0 Å². The van der Waals surface area contributed by atoms with Crippen molar-refractivity contribution in [3.63, 3.8) is 0 Å². The van der Waals surface area contributed by atoms with Crippen LogP contribution in [0.4, 0.5) is 0 Å². The maximum Gasteiger partial charge on any atom is -0.0414 e. The molecule has 0 saturated heterocycles. The van der Waals surface area contributed by atoms with Gasteiger partial charge in [0.05, 0.1) is 0 Å². The fraction of sp³-hybridized carbons (Fsp3) is 1.00. The number of unbranched alkanes of at least 4 members (excludes halogenated alkanes) is 2. The van der Waals surface area contributed by atoms with Crippen molar-refractivity contribution in [2.24, 2.45) is 11.8 Å². The molecule has 0 N–H and O–H groups in total. The average molecular weight is 182 g/mol. The SMILES string of the molecule is CCCCCC1CCC(CC)CC1. The standard InChI is InChI=1S/C13H26/c1-3-5-6-7-13-10-8-12(4-2)9-11-13/h12-13H,3-11H2,1-2H3. The Kier molecular flexibility index (Phi) is 5.50. The lowest BCUT2D eigenvalue weighted by atomic mass is 9.79. The first-order valence-corrected chi connectivity index (χ1v) is 6.36. The van der Waals surface area contributed by atoms with E-state index in [4.69, 9.17) is 0 Å². The zero-order valence-corrected chi connectivity index (χ0v) is 9.52. The Bertz CT molecular complexity index is 106. The van der Waals surface area contributed by atoms with Gasteiger partial charge in [0.2, 0.25) is 0 Å². The largest absolute Gasteiger partial charge is 0.0654 e. The molecule has 0 heteroatoms. The van der Waals surface area contributed by atoms with Gasteiger partial charge in [0, 0.05) is 0 Å². The highest BCUT2D eigenvalue weighted by Gasteiger charge is 2.18. The zero-order valence-electron chi connectivity index (χ0n) is 9.52. The summed E-state index contributed by atoms with van der Waals surface area (Å²) in [7, 11) is 0. The van der Waals surface area contributed by atoms with Crippen LogP contribution in [0.15, 0.2) is 0 Å². The second-order valence-corrected chi connectivity index (χ2v) is 4.79. The van der Waals surface area contributed by atoms with Gasteiger partial charge in [-0.05, 0) is 11.8 Å². The van der Waals surface area contributed by atoms with Gasteiger partial charge in [-0.1, -0.05) is 71.6 Å². The molecule has 0 atom stereocenters. The third kappa shape index (κ3) is 4.15. The van der Waals surface area contributed by atoms with Crippen molar-refractivity contribution in [3.05, 3.63) is 0 Å². The molecule has 0 aromatic heterocycles. The first-order valence-electron chi connectivity index (χ1n) is 6.36. The summed E-state index contributed by atoms with van der Waals surface area (Å²) in [4.78, 5) is 0. The highest BCUT2D eigenvalue weighted by molar-refractivity contribution is 4.71. The van der Waals surface area contributed by atoms with Gasteiger partial charge >= 0.3 is 0 Å². The van der Waals surface area contributed by atoms with E-state index in [9.17, 15) is 0 Å². The Morgan fingerprint density at radius 1 is 0.846 bits per heavy atom. The summed E-state index contributed by atoms with van der Waals surface area (Å²) in [5.41, 5.74) is 0. The molecule has 0 aromatic carbocycles. The van der Waals surface area contributed by atoms with Crippen LogP contribution >= 0.6 is 0 Å². The normalized spacial score (nSPS) is 29.1. The summed E-state index contributed by atoms with van der Waals surface area (Å²) in [6.45, 7) is 4.65. The minimum absolute atomic E-state index is 1.07. The van der Waals surface area contributed by atoms with Crippen LogP contribution in [-0.4, -0.2) is 0 Å². The van der Waals surface area contributed by atoms with Crippen LogP contribution in [0.1, 0.15) is 71.6 Å². The van der Waals surface area contributed by atoms with E-state index in [-0.39, 0.29) is 0 Å². The Labute approximate surface area is 84.1 Å². The Morgan fingerprint density at radius 3 is 2.00 bits per heavy atom. The van der Waals surface area contributed by atoms with Gasteiger partial charge < -0.3 is 0 Å². The summed E-state index contributed by atoms with van der Waals surface area (Å²) in [6, 6.07) is 0. The summed E-state index contributed by atoms with van der Waals surface area (Å²) < 4.78 is 0. The van der Waals surface area contributed by atoms with Gasteiger partial charge in [0.15, 0.2) is 0 Å². The van der Waals surface area contributed by atoms with Crippen LogP contribution in [0.2, 0.25) is 0 Å². The molecule has 1 saturated carbocycles. The fourth-order valence-corrected chi connectivity index (χ4v) is 2.61. The molecule has 78 valence electrons. The Hall–Kier alpha value is 0. The first-order chi connectivity index (χ1) is 6.36. The first kappa shape index (κ1) is 11.1. The van der Waals surface area contributed by atoms with Gasteiger partial charge in [-0.3, -0.25) is 0 Å². The van der Waals surface area contributed by atoms with Crippen LogP contribution in [-0.2, 0) is 0 Å². The quantitative estimate of drug-likeness (QED) is 0.537. The van der Waals surface area contributed by atoms with Crippen molar-refractivity contribution in [2.75, 3.05) is 0 Å². The molecule has 0 nitrogen and oxygen atoms in total. The number of rotatable bonds is 5. The molecular weight excluding hydrogens is 156 g/mol. The van der Waals surface area contributed by atoms with E-state index >= 15 is 0 Å². The van der Waals surface area contributed by atoms with Crippen LogP contribution in [0, 0.1) is 11.8 Å². The van der Waals surface area contributed by atoms with Crippen molar-refractivity contribution in [1.29, 1.82) is 0 Å². The minimum Gasteiger partial charge on any atom is -0.0654 e. The van der Waals surface area contributed by atoms with E-state index in [0.717, 1.165) is 11.8 Å². The molecule has 1 rings (SSSR count). The lowest BCUT2D eigenvalue weighted by Crippen LogP contribution is -2.13. The summed E-state index contributed by atoms with van der Waals surface area (Å²) in [6.07, 6.45) is 13.4. The summed E-state index contributed by atoms with van der Waals surface area (Å²) >= 11 is 0. The Balaban J connectivity index is 2.03. The summed E-state index contributed by atoms with van der Waals surface area (Å²) in [5, 5.41) is 0. The third-order valence-corrected chi connectivity index (χ3v) is 3.76. The van der Waals surface area contributed by atoms with E-state index in [0.29, 0.717) is 0 Å². The van der Waals surface area contributed by atoms with Crippen molar-refractivity contribution in [2.45, 2.75) is 71.6 Å². The molecule has 13 heavy (non-hydrogen) atoms. The molecule has 0 heterocycles. The van der Waals surface area contributed by atoms with E-state index in [2.05, 4.69) is 13.8 Å². The van der Waals surface area contributed by atoms with Crippen molar-refractivity contribution in [1.82, 2.24) is 0 Å². The van der Waals surface area contributed by atoms with E-state index < -0.39 is 0 Å². The minimum atomic E-state index is 1.07. The maximum absolute atomic E-state index is 2.35. The van der Waals surface area contributed by atoms with E-state index in [1.807, 2.05) is 0 Å². The molecule has 0 bridgehead atoms. The monoisotopic (exact) mass is 182 g/mol. The van der Waals surface area contributed by atoms with Gasteiger partial charge in [-0.25, -0.2) is 0 Å². The fourth-order valence-electron chi connectivity index (χ4n) is 2.61. The molecule has 0 amide bonds. The van der Waals surface area contributed by atoms with E-state index in [1.165, 1.54) is 57.8 Å². The van der Waals surface area contributed by atoms with Crippen molar-refractivity contribution < 1.29 is 0 Å². The summed E-state index contributed by atoms with van der Waals surface area (Å²) in [5.74, 6) is 2.16. The second-order valence-electron chi connectivity index (χ2n) is 4.79. The predicted octanol–water partition coefficient (Wildman–Crippen LogP) is 4.78. The van der Waals surface area contributed by atoms with Gasteiger partial charge in [0.1, 0.15) is 0 Å². The highest BCUT2D eigenvalue weighted by atomic mass is 14.2. The average Bonchev–Trinajstić information content (AvgIpc) is 2.19. The Morgan fingerprint density at radius 2 is 1.46 bits per heavy atom. The molecule has 0 aliphatic heterocycles. The topological polar surface area (TPSA) is 0 Å². The van der Waals surface area contributed by atoms with Crippen molar-refractivity contribution in [3.8, 4) is 0 Å². The van der Waals surface area contributed by atoms with Gasteiger partial charge in [-0.15, -0.1) is 0 Å². The molecule has 0 aromatic rings. The second kappa shape index (κ2) is 6.45. The van der Waals surface area contributed by atoms with Crippen LogP contribution in [0.5, 0.6) is 0 Å². The zero-order chi connectivity index (χ0) is 9.52. The maximum atomic E-state index is 2.35. The lowest BCUT2D eigenvalue weighted by molar-refractivity contribution is 0.254. The predicted molar refractivity (Wildman–Crippen MR) is 59.9 cm³/mol. The lowest BCUT2D eigenvalue weighted by Gasteiger charge is -2.27.